The van der Waals surface area contributed by atoms with Crippen LogP contribution < -0.4 is 5.32 Å². The van der Waals surface area contributed by atoms with Crippen LogP contribution in [-0.4, -0.2) is 44.5 Å². The Morgan fingerprint density at radius 2 is 1.90 bits per heavy atom. The minimum atomic E-state index is -0.482. The van der Waals surface area contributed by atoms with Crippen molar-refractivity contribution in [3.63, 3.8) is 0 Å². The summed E-state index contributed by atoms with van der Waals surface area (Å²) in [7, 11) is 0. The number of hydrogen-bond acceptors (Lipinski definition) is 5. The van der Waals surface area contributed by atoms with Gasteiger partial charge in [0.15, 0.2) is 0 Å². The molecule has 2 aromatic rings. The van der Waals surface area contributed by atoms with Crippen LogP contribution >= 0.6 is 0 Å². The molecule has 2 heterocycles. The number of piperidine rings is 1. The molecule has 0 radical (unpaired) electrons. The van der Waals surface area contributed by atoms with Crippen molar-refractivity contribution in [2.45, 2.75) is 40.5 Å². The molecule has 3 rings (SSSR count). The van der Waals surface area contributed by atoms with Crippen molar-refractivity contribution in [1.82, 2.24) is 14.7 Å². The summed E-state index contributed by atoms with van der Waals surface area (Å²) in [6, 6.07) is 7.72. The maximum atomic E-state index is 12.9. The lowest BCUT2D eigenvalue weighted by atomic mass is 9.91. The molecule has 160 valence electrons. The van der Waals surface area contributed by atoms with E-state index in [0.717, 1.165) is 6.42 Å². The first-order valence-electron chi connectivity index (χ1n) is 9.98. The van der Waals surface area contributed by atoms with E-state index in [-0.39, 0.29) is 23.4 Å². The summed E-state index contributed by atoms with van der Waals surface area (Å²) in [5, 5.41) is 18.2. The second kappa shape index (κ2) is 8.25. The van der Waals surface area contributed by atoms with Gasteiger partial charge in [0, 0.05) is 36.7 Å². The van der Waals surface area contributed by atoms with Gasteiger partial charge < -0.3 is 10.2 Å². The summed E-state index contributed by atoms with van der Waals surface area (Å²) in [5.41, 5.74) is 0.817. The highest BCUT2D eigenvalue weighted by molar-refractivity contribution is 5.93. The fourth-order valence-electron chi connectivity index (χ4n) is 3.58. The number of nitrogens with zero attached hydrogens (tertiary/aromatic N) is 4. The van der Waals surface area contributed by atoms with Crippen LogP contribution in [-0.2, 0) is 9.59 Å². The Morgan fingerprint density at radius 1 is 1.23 bits per heavy atom. The number of non-ortho nitro benzene ring substituents is 1. The van der Waals surface area contributed by atoms with Gasteiger partial charge in [-0.25, -0.2) is 4.68 Å². The third-order valence-electron chi connectivity index (χ3n) is 5.11. The number of nitrogens with one attached hydrogen (secondary N) is 1. The van der Waals surface area contributed by atoms with Crippen molar-refractivity contribution in [3.05, 3.63) is 46.1 Å². The topological polar surface area (TPSA) is 110 Å². The summed E-state index contributed by atoms with van der Waals surface area (Å²) < 4.78 is 1.55. The number of anilines is 1. The lowest BCUT2D eigenvalue weighted by Crippen LogP contribution is -2.47. The number of rotatable bonds is 4. The van der Waals surface area contributed by atoms with Crippen molar-refractivity contribution in [2.75, 3.05) is 18.4 Å². The Hall–Kier alpha value is -3.23. The molecule has 9 nitrogen and oxygen atoms in total. The molecule has 1 N–H and O–H groups in total. The largest absolute Gasteiger partial charge is 0.341 e. The molecule has 2 amide bonds. The highest BCUT2D eigenvalue weighted by atomic mass is 16.6. The number of aromatic nitrogens is 2. The molecule has 0 spiro atoms. The standard InChI is InChI=1S/C21H27N5O4/c1-14-12-18(25(23-14)16-7-9-17(10-8-16)26(29)30)22-19(27)15-6-5-11-24(13-15)20(28)21(2,3)4/h7-10,12,15H,5-6,11,13H2,1-4H3,(H,22,27). The minimum Gasteiger partial charge on any atom is -0.341 e. The molecule has 1 aliphatic heterocycles. The van der Waals surface area contributed by atoms with Crippen molar-refractivity contribution in [3.8, 4) is 5.69 Å². The van der Waals surface area contributed by atoms with Crippen LogP contribution in [0.2, 0.25) is 0 Å². The van der Waals surface area contributed by atoms with Crippen LogP contribution in [0.25, 0.3) is 5.69 Å². The highest BCUT2D eigenvalue weighted by Crippen LogP contribution is 2.25. The Morgan fingerprint density at radius 3 is 2.50 bits per heavy atom. The van der Waals surface area contributed by atoms with Gasteiger partial charge in [-0.15, -0.1) is 0 Å². The summed E-state index contributed by atoms with van der Waals surface area (Å²) in [5.74, 6) is 0.0763. The predicted molar refractivity (Wildman–Crippen MR) is 112 cm³/mol. The summed E-state index contributed by atoms with van der Waals surface area (Å²) in [4.78, 5) is 37.7. The molecule has 0 bridgehead atoms. The Balaban J connectivity index is 1.76. The van der Waals surface area contributed by atoms with Crippen LogP contribution in [0.3, 0.4) is 0 Å². The number of amides is 2. The summed E-state index contributed by atoms with van der Waals surface area (Å²) >= 11 is 0. The Kier molecular flexibility index (Phi) is 5.91. The predicted octanol–water partition coefficient (Wildman–Crippen LogP) is 3.31. The maximum Gasteiger partial charge on any atom is 0.269 e. The van der Waals surface area contributed by atoms with E-state index in [2.05, 4.69) is 10.4 Å². The number of carbonyl (C=O) groups is 2. The molecule has 1 saturated heterocycles. The number of hydrogen-bond donors (Lipinski definition) is 1. The first-order chi connectivity index (χ1) is 14.1. The fraction of sp³-hybridized carbons (Fsp3) is 0.476. The van der Waals surface area contributed by atoms with Crippen LogP contribution in [0.5, 0.6) is 0 Å². The van der Waals surface area contributed by atoms with Crippen LogP contribution in [0.4, 0.5) is 11.5 Å². The zero-order valence-electron chi connectivity index (χ0n) is 17.7. The first-order valence-corrected chi connectivity index (χ1v) is 9.98. The number of aryl methyl sites for hydroxylation is 1. The van der Waals surface area contributed by atoms with E-state index in [1.807, 2.05) is 27.7 Å². The second-order valence-electron chi connectivity index (χ2n) is 8.69. The zero-order chi connectivity index (χ0) is 22.1. The third kappa shape index (κ3) is 4.67. The van der Waals surface area contributed by atoms with Gasteiger partial charge >= 0.3 is 0 Å². The molecule has 1 atom stereocenters. The molecular formula is C21H27N5O4. The maximum absolute atomic E-state index is 12.9. The van der Waals surface area contributed by atoms with E-state index in [4.69, 9.17) is 0 Å². The Labute approximate surface area is 175 Å². The number of nitro groups is 1. The van der Waals surface area contributed by atoms with Crippen molar-refractivity contribution >= 4 is 23.3 Å². The molecule has 1 aromatic heterocycles. The molecule has 1 aromatic carbocycles. The normalized spacial score (nSPS) is 16.9. The van der Waals surface area contributed by atoms with Gasteiger partial charge in [-0.3, -0.25) is 19.7 Å². The van der Waals surface area contributed by atoms with Crippen LogP contribution in [0.1, 0.15) is 39.3 Å². The minimum absolute atomic E-state index is 0.0148. The van der Waals surface area contributed by atoms with Crippen molar-refractivity contribution in [1.29, 1.82) is 0 Å². The van der Waals surface area contributed by atoms with Crippen molar-refractivity contribution in [2.24, 2.45) is 11.3 Å². The first kappa shape index (κ1) is 21.5. The summed E-state index contributed by atoms with van der Waals surface area (Å²) in [6.45, 7) is 8.51. The van der Waals surface area contributed by atoms with Crippen molar-refractivity contribution < 1.29 is 14.5 Å². The molecule has 0 aliphatic carbocycles. The zero-order valence-corrected chi connectivity index (χ0v) is 17.7. The molecule has 9 heteroatoms. The second-order valence-corrected chi connectivity index (χ2v) is 8.69. The average Bonchev–Trinajstić information content (AvgIpc) is 3.06. The molecule has 1 fully saturated rings. The fourth-order valence-corrected chi connectivity index (χ4v) is 3.58. The van der Waals surface area contributed by atoms with E-state index < -0.39 is 10.3 Å². The third-order valence-corrected chi connectivity index (χ3v) is 5.11. The average molecular weight is 413 g/mol. The molecule has 30 heavy (non-hydrogen) atoms. The number of benzene rings is 1. The van der Waals surface area contributed by atoms with Gasteiger partial charge in [0.2, 0.25) is 11.8 Å². The van der Waals surface area contributed by atoms with E-state index >= 15 is 0 Å². The van der Waals surface area contributed by atoms with Gasteiger partial charge in [-0.1, -0.05) is 20.8 Å². The van der Waals surface area contributed by atoms with Crippen LogP contribution in [0, 0.1) is 28.4 Å². The molecular weight excluding hydrogens is 386 g/mol. The van der Waals surface area contributed by atoms with Gasteiger partial charge in [-0.2, -0.15) is 5.10 Å². The van der Waals surface area contributed by atoms with Gasteiger partial charge in [0.25, 0.3) is 5.69 Å². The Bertz CT molecular complexity index is 959. The van der Waals surface area contributed by atoms with E-state index in [9.17, 15) is 19.7 Å². The lowest BCUT2D eigenvalue weighted by molar-refractivity contribution is -0.384. The quantitative estimate of drug-likeness (QED) is 0.611. The number of likely N-dealkylation sites (tertiary alicyclic amines) is 1. The van der Waals surface area contributed by atoms with Crippen LogP contribution in [0.15, 0.2) is 30.3 Å². The SMILES string of the molecule is Cc1cc(NC(=O)C2CCCN(C(=O)C(C)(C)C)C2)n(-c2ccc([N+](=O)[O-])cc2)n1. The van der Waals surface area contributed by atoms with Gasteiger partial charge in [0.05, 0.1) is 22.2 Å². The smallest absolute Gasteiger partial charge is 0.269 e. The molecule has 1 aliphatic rings. The van der Waals surface area contributed by atoms with E-state index in [1.165, 1.54) is 12.1 Å². The highest BCUT2D eigenvalue weighted by Gasteiger charge is 2.33. The van der Waals surface area contributed by atoms with E-state index in [0.29, 0.717) is 36.7 Å². The van der Waals surface area contributed by atoms with Gasteiger partial charge in [-0.05, 0) is 31.9 Å². The molecule has 1 unspecified atom stereocenters. The van der Waals surface area contributed by atoms with E-state index in [1.54, 1.807) is 27.8 Å². The molecule has 0 saturated carbocycles. The number of carbonyl (C=O) groups excluding carboxylic acids is 2. The number of nitro benzene ring substituents is 1. The monoisotopic (exact) mass is 413 g/mol. The lowest BCUT2D eigenvalue weighted by Gasteiger charge is -2.35. The summed E-state index contributed by atoms with van der Waals surface area (Å²) in [6.07, 6.45) is 1.49. The van der Waals surface area contributed by atoms with Gasteiger partial charge in [0.1, 0.15) is 5.82 Å².